The van der Waals surface area contributed by atoms with Gasteiger partial charge in [-0.25, -0.2) is 4.79 Å². The number of hydrogen-bond acceptors (Lipinski definition) is 7. The molecular formula is C29H33N5O5. The fourth-order valence-corrected chi connectivity index (χ4v) is 5.49. The van der Waals surface area contributed by atoms with Crippen LogP contribution in [0.25, 0.3) is 11.1 Å². The van der Waals surface area contributed by atoms with E-state index in [0.717, 1.165) is 28.0 Å². The number of nitrogens with one attached hydrogen (secondary N) is 2. The van der Waals surface area contributed by atoms with E-state index in [0.29, 0.717) is 57.4 Å². The molecule has 0 unspecified atom stereocenters. The molecule has 10 nitrogen and oxygen atoms in total. The minimum atomic E-state index is -0.325. The van der Waals surface area contributed by atoms with Crippen molar-refractivity contribution in [1.82, 2.24) is 25.7 Å². The molecule has 0 spiro atoms. The Morgan fingerprint density at radius 2 is 2.05 bits per heavy atom. The molecule has 1 aliphatic carbocycles. The number of nitrogens with zero attached hydrogens (tertiary/aromatic N) is 3. The number of ether oxygens (including phenoxy) is 2. The van der Waals surface area contributed by atoms with E-state index < -0.39 is 0 Å². The molecule has 204 valence electrons. The SMILES string of the molecule is COc1cccc(-c2ccc(CNC(=O)[C@H]3C[C@@H]3c3nc(C)no3)c3c2CCN(C(=O)NC2(C)COC2)C3)c1. The van der Waals surface area contributed by atoms with Crippen molar-refractivity contribution in [3.8, 4) is 16.9 Å². The molecule has 2 fully saturated rings. The third kappa shape index (κ3) is 5.08. The highest BCUT2D eigenvalue weighted by molar-refractivity contribution is 5.83. The van der Waals surface area contributed by atoms with Crippen LogP contribution >= 0.6 is 0 Å². The fourth-order valence-electron chi connectivity index (χ4n) is 5.49. The van der Waals surface area contributed by atoms with Crippen LogP contribution in [0.2, 0.25) is 0 Å². The van der Waals surface area contributed by atoms with E-state index in [9.17, 15) is 9.59 Å². The van der Waals surface area contributed by atoms with Crippen LogP contribution in [0.5, 0.6) is 5.75 Å². The summed E-state index contributed by atoms with van der Waals surface area (Å²) >= 11 is 0. The van der Waals surface area contributed by atoms with Gasteiger partial charge >= 0.3 is 6.03 Å². The molecule has 1 saturated carbocycles. The number of urea groups is 1. The van der Waals surface area contributed by atoms with Gasteiger partial charge in [-0.3, -0.25) is 4.79 Å². The van der Waals surface area contributed by atoms with Gasteiger partial charge < -0.3 is 29.5 Å². The molecule has 0 bridgehead atoms. The molecule has 2 N–H and O–H groups in total. The average Bonchev–Trinajstić information content (AvgIpc) is 3.62. The molecule has 10 heteroatoms. The highest BCUT2D eigenvalue weighted by Gasteiger charge is 2.47. The van der Waals surface area contributed by atoms with Crippen LogP contribution in [0.1, 0.15) is 47.7 Å². The minimum absolute atomic E-state index is 0.0217. The first-order valence-corrected chi connectivity index (χ1v) is 13.3. The Balaban J connectivity index is 1.23. The number of aryl methyl sites for hydroxylation is 1. The predicted molar refractivity (Wildman–Crippen MR) is 142 cm³/mol. The zero-order valence-corrected chi connectivity index (χ0v) is 22.5. The van der Waals surface area contributed by atoms with Crippen molar-refractivity contribution in [3.05, 3.63) is 64.8 Å². The maximum atomic E-state index is 13.2. The smallest absolute Gasteiger partial charge is 0.318 e. The molecule has 2 aromatic carbocycles. The monoisotopic (exact) mass is 531 g/mol. The second kappa shape index (κ2) is 10.00. The lowest BCUT2D eigenvalue weighted by Gasteiger charge is -2.41. The van der Waals surface area contributed by atoms with E-state index in [2.05, 4.69) is 39.0 Å². The maximum absolute atomic E-state index is 13.2. The van der Waals surface area contributed by atoms with Gasteiger partial charge in [0, 0.05) is 19.6 Å². The molecule has 39 heavy (non-hydrogen) atoms. The number of benzene rings is 2. The summed E-state index contributed by atoms with van der Waals surface area (Å²) in [5.41, 5.74) is 5.14. The van der Waals surface area contributed by atoms with Crippen molar-refractivity contribution < 1.29 is 23.6 Å². The summed E-state index contributed by atoms with van der Waals surface area (Å²) in [6.45, 7) is 6.26. The van der Waals surface area contributed by atoms with Crippen LogP contribution in [0.3, 0.4) is 0 Å². The van der Waals surface area contributed by atoms with E-state index >= 15 is 0 Å². The van der Waals surface area contributed by atoms with E-state index in [1.54, 1.807) is 14.0 Å². The third-order valence-electron chi connectivity index (χ3n) is 7.87. The van der Waals surface area contributed by atoms with Crippen molar-refractivity contribution in [2.75, 3.05) is 26.9 Å². The van der Waals surface area contributed by atoms with Crippen molar-refractivity contribution in [1.29, 1.82) is 0 Å². The number of rotatable bonds is 7. The first kappa shape index (κ1) is 25.4. The van der Waals surface area contributed by atoms with Crippen LogP contribution in [0, 0.1) is 12.8 Å². The number of carbonyl (C=O) groups is 2. The average molecular weight is 532 g/mol. The second-order valence-electron chi connectivity index (χ2n) is 11.0. The third-order valence-corrected chi connectivity index (χ3v) is 7.87. The largest absolute Gasteiger partial charge is 0.497 e. The lowest BCUT2D eigenvalue weighted by Crippen LogP contribution is -2.62. The Labute approximate surface area is 227 Å². The predicted octanol–water partition coefficient (Wildman–Crippen LogP) is 3.33. The standard InChI is InChI=1S/C29H33N5O5/c1-17-31-27(39-33-17)24-12-23(24)26(35)30-13-19-7-8-21(18-5-4-6-20(11-18)37-3)22-9-10-34(14-25(19)22)28(36)32-29(2)15-38-16-29/h4-8,11,23-24H,9-10,12-16H2,1-3H3,(H,30,35)(H,32,36)/t23-,24-/m0/s1. The molecule has 2 aliphatic heterocycles. The van der Waals surface area contributed by atoms with Gasteiger partial charge in [-0.15, -0.1) is 0 Å². The Bertz CT molecular complexity index is 1410. The normalized spacial score (nSPS) is 20.9. The zero-order valence-electron chi connectivity index (χ0n) is 22.5. The summed E-state index contributed by atoms with van der Waals surface area (Å²) in [6.07, 6.45) is 1.42. The molecule has 3 heterocycles. The summed E-state index contributed by atoms with van der Waals surface area (Å²) in [5, 5.41) is 10.1. The number of methoxy groups -OCH3 is 1. The Morgan fingerprint density at radius 3 is 2.77 bits per heavy atom. The van der Waals surface area contributed by atoms with E-state index in [4.69, 9.17) is 14.0 Å². The topological polar surface area (TPSA) is 119 Å². The molecule has 3 aromatic rings. The van der Waals surface area contributed by atoms with Gasteiger partial charge in [-0.1, -0.05) is 29.4 Å². The van der Waals surface area contributed by atoms with Gasteiger partial charge in [0.05, 0.1) is 37.7 Å². The summed E-state index contributed by atoms with van der Waals surface area (Å²) in [7, 11) is 1.66. The van der Waals surface area contributed by atoms with Gasteiger partial charge in [-0.2, -0.15) is 4.98 Å². The molecule has 3 aliphatic rings. The van der Waals surface area contributed by atoms with Gasteiger partial charge in [0.1, 0.15) is 5.75 Å². The van der Waals surface area contributed by atoms with Crippen LogP contribution in [-0.4, -0.2) is 59.4 Å². The highest BCUT2D eigenvalue weighted by atomic mass is 16.5. The zero-order chi connectivity index (χ0) is 27.1. The Kier molecular flexibility index (Phi) is 6.50. The van der Waals surface area contributed by atoms with Crippen LogP contribution in [-0.2, 0) is 29.0 Å². The molecular weight excluding hydrogens is 498 g/mol. The van der Waals surface area contributed by atoms with E-state index in [1.807, 2.05) is 30.0 Å². The van der Waals surface area contributed by atoms with E-state index in [1.165, 1.54) is 5.56 Å². The van der Waals surface area contributed by atoms with Crippen LogP contribution in [0.15, 0.2) is 40.9 Å². The van der Waals surface area contributed by atoms with Crippen molar-refractivity contribution in [3.63, 3.8) is 0 Å². The van der Waals surface area contributed by atoms with Gasteiger partial charge in [0.2, 0.25) is 11.8 Å². The van der Waals surface area contributed by atoms with Gasteiger partial charge in [0.15, 0.2) is 5.82 Å². The Hall–Kier alpha value is -3.92. The van der Waals surface area contributed by atoms with Crippen molar-refractivity contribution >= 4 is 11.9 Å². The van der Waals surface area contributed by atoms with E-state index in [-0.39, 0.29) is 29.3 Å². The number of carbonyl (C=O) groups excluding carboxylic acids is 2. The second-order valence-corrected chi connectivity index (χ2v) is 11.0. The molecule has 1 aromatic heterocycles. The minimum Gasteiger partial charge on any atom is -0.497 e. The fraction of sp³-hybridized carbons (Fsp3) is 0.448. The van der Waals surface area contributed by atoms with Gasteiger partial charge in [0.25, 0.3) is 0 Å². The number of fused-ring (bicyclic) bond motifs is 1. The lowest BCUT2D eigenvalue weighted by atomic mass is 9.87. The summed E-state index contributed by atoms with van der Waals surface area (Å²) in [5.74, 6) is 1.69. The number of aromatic nitrogens is 2. The van der Waals surface area contributed by atoms with Gasteiger partial charge in [-0.05, 0) is 66.6 Å². The number of hydrogen-bond donors (Lipinski definition) is 2. The first-order valence-electron chi connectivity index (χ1n) is 13.3. The quantitative estimate of drug-likeness (QED) is 0.480. The summed E-state index contributed by atoms with van der Waals surface area (Å²) in [6, 6.07) is 12.1. The molecule has 1 saturated heterocycles. The summed E-state index contributed by atoms with van der Waals surface area (Å²) in [4.78, 5) is 32.2. The molecule has 3 amide bonds. The molecule has 6 rings (SSSR count). The van der Waals surface area contributed by atoms with Crippen LogP contribution in [0.4, 0.5) is 4.79 Å². The van der Waals surface area contributed by atoms with Crippen molar-refractivity contribution in [2.24, 2.45) is 5.92 Å². The first-order chi connectivity index (χ1) is 18.8. The number of amides is 3. The maximum Gasteiger partial charge on any atom is 0.318 e. The van der Waals surface area contributed by atoms with Crippen molar-refractivity contribution in [2.45, 2.75) is 51.2 Å². The Morgan fingerprint density at radius 1 is 1.21 bits per heavy atom. The summed E-state index contributed by atoms with van der Waals surface area (Å²) < 4.78 is 16.0. The lowest BCUT2D eigenvalue weighted by molar-refractivity contribution is -0.122. The highest BCUT2D eigenvalue weighted by Crippen LogP contribution is 2.47. The van der Waals surface area contributed by atoms with Crippen LogP contribution < -0.4 is 15.4 Å². The molecule has 2 atom stereocenters. The molecule has 0 radical (unpaired) electrons.